The Hall–Kier alpha value is -1.53. The Kier molecular flexibility index (Phi) is 6.02. The molecule has 1 aromatic heterocycles. The van der Waals surface area contributed by atoms with E-state index in [1.165, 1.54) is 24.6 Å². The fraction of sp³-hybridized carbons (Fsp3) is 0.500. The number of hydrogen-bond acceptors (Lipinski definition) is 5. The Morgan fingerprint density at radius 1 is 1.36 bits per heavy atom. The van der Waals surface area contributed by atoms with E-state index < -0.39 is 0 Å². The lowest BCUT2D eigenvalue weighted by Crippen LogP contribution is -2.44. The van der Waals surface area contributed by atoms with Crippen molar-refractivity contribution < 1.29 is 9.21 Å². The van der Waals surface area contributed by atoms with Gasteiger partial charge in [0.1, 0.15) is 0 Å². The lowest BCUT2D eigenvalue weighted by molar-refractivity contribution is -0.120. The predicted octanol–water partition coefficient (Wildman–Crippen LogP) is 4.42. The number of rotatable bonds is 5. The zero-order valence-electron chi connectivity index (χ0n) is 14.4. The van der Waals surface area contributed by atoms with Gasteiger partial charge in [-0.3, -0.25) is 4.79 Å². The molecule has 3 rings (SSSR count). The molecule has 1 aliphatic carbocycles. The summed E-state index contributed by atoms with van der Waals surface area (Å²) in [6.07, 6.45) is 3.48. The first kappa shape index (κ1) is 18.3. The maximum atomic E-state index is 12.2. The fourth-order valence-corrected chi connectivity index (χ4v) is 3.93. The first-order valence-electron chi connectivity index (χ1n) is 8.54. The molecule has 2 aromatic rings. The molecule has 0 bridgehead atoms. The molecule has 25 heavy (non-hydrogen) atoms. The van der Waals surface area contributed by atoms with Crippen LogP contribution in [0.15, 0.2) is 33.9 Å². The SMILES string of the molecule is C[C@@H]1[C@@H](C)CCC[C@H]1NC(=O)CSc1nnc(-c2cccc(Cl)c2)o1. The monoisotopic (exact) mass is 379 g/mol. The van der Waals surface area contributed by atoms with E-state index in [4.69, 9.17) is 16.0 Å². The van der Waals surface area contributed by atoms with Gasteiger partial charge in [-0.05, 0) is 36.5 Å². The van der Waals surface area contributed by atoms with Gasteiger partial charge < -0.3 is 9.73 Å². The standard InChI is InChI=1S/C18H22ClN3O2S/c1-11-5-3-8-15(12(11)2)20-16(23)10-25-18-22-21-17(24-18)13-6-4-7-14(19)9-13/h4,6-7,9,11-12,15H,3,5,8,10H2,1-2H3,(H,20,23)/t11-,12+,15+/m0/s1. The number of aromatic nitrogens is 2. The minimum absolute atomic E-state index is 0.0125. The zero-order chi connectivity index (χ0) is 17.8. The van der Waals surface area contributed by atoms with E-state index in [2.05, 4.69) is 29.4 Å². The third-order valence-corrected chi connectivity index (χ3v) is 5.91. The van der Waals surface area contributed by atoms with Crippen LogP contribution in [0.2, 0.25) is 5.02 Å². The van der Waals surface area contributed by atoms with Gasteiger partial charge in [-0.2, -0.15) is 0 Å². The average Bonchev–Trinajstić information content (AvgIpc) is 3.06. The van der Waals surface area contributed by atoms with Crippen molar-refractivity contribution in [2.75, 3.05) is 5.75 Å². The van der Waals surface area contributed by atoms with E-state index >= 15 is 0 Å². The fourth-order valence-electron chi connectivity index (χ4n) is 3.17. The molecule has 1 fully saturated rings. The summed E-state index contributed by atoms with van der Waals surface area (Å²) in [5, 5.41) is 12.2. The van der Waals surface area contributed by atoms with Crippen molar-refractivity contribution in [2.45, 2.75) is 44.4 Å². The van der Waals surface area contributed by atoms with Gasteiger partial charge in [0, 0.05) is 16.6 Å². The van der Waals surface area contributed by atoms with Crippen LogP contribution in [0.25, 0.3) is 11.5 Å². The number of halogens is 1. The van der Waals surface area contributed by atoms with Gasteiger partial charge >= 0.3 is 0 Å². The summed E-state index contributed by atoms with van der Waals surface area (Å²) < 4.78 is 5.61. The van der Waals surface area contributed by atoms with Crippen LogP contribution in [0.5, 0.6) is 0 Å². The highest BCUT2D eigenvalue weighted by molar-refractivity contribution is 7.99. The molecule has 0 unspecified atom stereocenters. The topological polar surface area (TPSA) is 68.0 Å². The first-order chi connectivity index (χ1) is 12.0. The number of nitrogens with zero attached hydrogens (tertiary/aromatic N) is 2. The van der Waals surface area contributed by atoms with Gasteiger partial charge in [-0.15, -0.1) is 10.2 Å². The van der Waals surface area contributed by atoms with Gasteiger partial charge in [0.25, 0.3) is 5.22 Å². The molecule has 3 atom stereocenters. The van der Waals surface area contributed by atoms with Crippen molar-refractivity contribution in [3.8, 4) is 11.5 Å². The minimum atomic E-state index is 0.0125. The highest BCUT2D eigenvalue weighted by Gasteiger charge is 2.28. The molecular weight excluding hydrogens is 358 g/mol. The van der Waals surface area contributed by atoms with Gasteiger partial charge in [-0.1, -0.05) is 56.1 Å². The summed E-state index contributed by atoms with van der Waals surface area (Å²) in [6, 6.07) is 7.50. The van der Waals surface area contributed by atoms with E-state index in [0.717, 1.165) is 12.0 Å². The molecule has 5 nitrogen and oxygen atoms in total. The average molecular weight is 380 g/mol. The summed E-state index contributed by atoms with van der Waals surface area (Å²) >= 11 is 7.22. The molecule has 1 aliphatic rings. The summed E-state index contributed by atoms with van der Waals surface area (Å²) in [7, 11) is 0. The molecule has 1 heterocycles. The smallest absolute Gasteiger partial charge is 0.277 e. The second-order valence-electron chi connectivity index (χ2n) is 6.61. The first-order valence-corrected chi connectivity index (χ1v) is 9.91. The number of nitrogens with one attached hydrogen (secondary N) is 1. The normalized spacial score (nSPS) is 23.4. The van der Waals surface area contributed by atoms with Crippen molar-refractivity contribution in [2.24, 2.45) is 11.8 Å². The third kappa shape index (κ3) is 4.76. The van der Waals surface area contributed by atoms with E-state index in [-0.39, 0.29) is 17.7 Å². The van der Waals surface area contributed by atoms with E-state index in [9.17, 15) is 4.79 Å². The molecular formula is C18H22ClN3O2S. The van der Waals surface area contributed by atoms with Crippen LogP contribution in [0, 0.1) is 11.8 Å². The second kappa shape index (κ2) is 8.23. The number of thioether (sulfide) groups is 1. The summed E-state index contributed by atoms with van der Waals surface area (Å²) in [5.74, 6) is 1.86. The lowest BCUT2D eigenvalue weighted by atomic mass is 9.78. The van der Waals surface area contributed by atoms with Crippen LogP contribution in [-0.2, 0) is 4.79 Å². The quantitative estimate of drug-likeness (QED) is 0.778. The molecule has 0 spiro atoms. The van der Waals surface area contributed by atoms with Crippen LogP contribution in [-0.4, -0.2) is 27.9 Å². The van der Waals surface area contributed by atoms with E-state index in [1.54, 1.807) is 12.1 Å². The molecule has 7 heteroatoms. The van der Waals surface area contributed by atoms with Crippen LogP contribution < -0.4 is 5.32 Å². The Labute approximate surface area is 156 Å². The minimum Gasteiger partial charge on any atom is -0.411 e. The summed E-state index contributed by atoms with van der Waals surface area (Å²) in [6.45, 7) is 4.48. The summed E-state index contributed by atoms with van der Waals surface area (Å²) in [5.41, 5.74) is 0.765. The highest BCUT2D eigenvalue weighted by Crippen LogP contribution is 2.30. The molecule has 0 radical (unpaired) electrons. The number of carbonyl (C=O) groups is 1. The number of hydrogen-bond donors (Lipinski definition) is 1. The van der Waals surface area contributed by atoms with Crippen LogP contribution in [0.3, 0.4) is 0 Å². The van der Waals surface area contributed by atoms with Crippen molar-refractivity contribution in [1.82, 2.24) is 15.5 Å². The Bertz CT molecular complexity index is 737. The molecule has 0 aliphatic heterocycles. The van der Waals surface area contributed by atoms with E-state index in [0.29, 0.717) is 28.0 Å². The lowest BCUT2D eigenvalue weighted by Gasteiger charge is -2.34. The number of amides is 1. The van der Waals surface area contributed by atoms with Crippen molar-refractivity contribution >= 4 is 29.3 Å². The molecule has 1 amide bonds. The number of benzene rings is 1. The van der Waals surface area contributed by atoms with Crippen molar-refractivity contribution in [3.05, 3.63) is 29.3 Å². The van der Waals surface area contributed by atoms with E-state index in [1.807, 2.05) is 12.1 Å². The molecule has 134 valence electrons. The molecule has 1 N–H and O–H groups in total. The van der Waals surface area contributed by atoms with Crippen molar-refractivity contribution in [3.63, 3.8) is 0 Å². The Morgan fingerprint density at radius 3 is 3.00 bits per heavy atom. The maximum absolute atomic E-state index is 12.2. The van der Waals surface area contributed by atoms with Gasteiger partial charge in [0.15, 0.2) is 0 Å². The predicted molar refractivity (Wildman–Crippen MR) is 99.6 cm³/mol. The van der Waals surface area contributed by atoms with Gasteiger partial charge in [0.2, 0.25) is 11.8 Å². The highest BCUT2D eigenvalue weighted by atomic mass is 35.5. The van der Waals surface area contributed by atoms with Gasteiger partial charge in [0.05, 0.1) is 5.75 Å². The largest absolute Gasteiger partial charge is 0.411 e. The molecule has 1 saturated carbocycles. The zero-order valence-corrected chi connectivity index (χ0v) is 15.9. The summed E-state index contributed by atoms with van der Waals surface area (Å²) in [4.78, 5) is 12.2. The van der Waals surface area contributed by atoms with Crippen LogP contribution in [0.4, 0.5) is 0 Å². The molecule has 0 saturated heterocycles. The Balaban J connectivity index is 1.53. The van der Waals surface area contributed by atoms with Crippen LogP contribution >= 0.6 is 23.4 Å². The molecule has 1 aromatic carbocycles. The Morgan fingerprint density at radius 2 is 2.20 bits per heavy atom. The number of carbonyl (C=O) groups excluding carboxylic acids is 1. The maximum Gasteiger partial charge on any atom is 0.277 e. The third-order valence-electron chi connectivity index (χ3n) is 4.86. The second-order valence-corrected chi connectivity index (χ2v) is 7.98. The van der Waals surface area contributed by atoms with Gasteiger partial charge in [-0.25, -0.2) is 0 Å². The van der Waals surface area contributed by atoms with Crippen molar-refractivity contribution in [1.29, 1.82) is 0 Å². The van der Waals surface area contributed by atoms with Crippen LogP contribution in [0.1, 0.15) is 33.1 Å².